The molecular weight excluding hydrogens is 416 g/mol. The maximum absolute atomic E-state index is 14.1. The SMILES string of the molecule is CC1(c2ccccc2F)CN(Cc2ccccc2NS(=O)(=O)C(F)(F)F)C(=O)O1. The Labute approximate surface area is 164 Å². The van der Waals surface area contributed by atoms with Gasteiger partial charge in [0, 0.05) is 5.56 Å². The van der Waals surface area contributed by atoms with E-state index in [1.807, 2.05) is 0 Å². The van der Waals surface area contributed by atoms with Crippen LogP contribution < -0.4 is 4.72 Å². The topological polar surface area (TPSA) is 75.7 Å². The van der Waals surface area contributed by atoms with E-state index in [-0.39, 0.29) is 29.9 Å². The first-order valence-electron chi connectivity index (χ1n) is 8.33. The van der Waals surface area contributed by atoms with Crippen LogP contribution in [0.4, 0.5) is 28.0 Å². The van der Waals surface area contributed by atoms with Gasteiger partial charge in [0.15, 0.2) is 5.60 Å². The van der Waals surface area contributed by atoms with Crippen LogP contribution in [0, 0.1) is 5.82 Å². The first-order chi connectivity index (χ1) is 13.4. The van der Waals surface area contributed by atoms with Gasteiger partial charge in [-0.3, -0.25) is 9.62 Å². The largest absolute Gasteiger partial charge is 0.516 e. The molecule has 1 unspecified atom stereocenters. The zero-order valence-electron chi connectivity index (χ0n) is 15.0. The Morgan fingerprint density at radius 1 is 1.14 bits per heavy atom. The molecule has 2 aromatic rings. The number of para-hydroxylation sites is 1. The smallest absolute Gasteiger partial charge is 0.436 e. The van der Waals surface area contributed by atoms with E-state index in [9.17, 15) is 30.8 Å². The predicted octanol–water partition coefficient (Wildman–Crippen LogP) is 3.95. The fourth-order valence-electron chi connectivity index (χ4n) is 3.03. The van der Waals surface area contributed by atoms with Crippen LogP contribution in [0.5, 0.6) is 0 Å². The lowest BCUT2D eigenvalue weighted by atomic mass is 9.95. The quantitative estimate of drug-likeness (QED) is 0.726. The molecule has 0 aliphatic carbocycles. The van der Waals surface area contributed by atoms with Crippen molar-refractivity contribution in [2.45, 2.75) is 24.6 Å². The number of hydrogen-bond acceptors (Lipinski definition) is 4. The zero-order valence-corrected chi connectivity index (χ0v) is 15.8. The van der Waals surface area contributed by atoms with Crippen molar-refractivity contribution in [3.63, 3.8) is 0 Å². The van der Waals surface area contributed by atoms with Gasteiger partial charge >= 0.3 is 21.6 Å². The van der Waals surface area contributed by atoms with Gasteiger partial charge in [-0.1, -0.05) is 36.4 Å². The van der Waals surface area contributed by atoms with Crippen LogP contribution in [0.3, 0.4) is 0 Å². The van der Waals surface area contributed by atoms with Gasteiger partial charge in [0.25, 0.3) is 0 Å². The van der Waals surface area contributed by atoms with Crippen molar-refractivity contribution in [1.29, 1.82) is 0 Å². The number of benzene rings is 2. The van der Waals surface area contributed by atoms with Crippen LogP contribution in [-0.4, -0.2) is 31.5 Å². The maximum Gasteiger partial charge on any atom is 0.516 e. The highest BCUT2D eigenvalue weighted by Gasteiger charge is 2.47. The van der Waals surface area contributed by atoms with Crippen LogP contribution in [0.1, 0.15) is 18.1 Å². The molecule has 1 fully saturated rings. The van der Waals surface area contributed by atoms with Crippen LogP contribution >= 0.6 is 0 Å². The molecule has 0 aromatic heterocycles. The Morgan fingerprint density at radius 2 is 1.76 bits per heavy atom. The number of amides is 1. The molecule has 0 spiro atoms. The van der Waals surface area contributed by atoms with Crippen molar-refractivity contribution in [2.24, 2.45) is 0 Å². The molecule has 11 heteroatoms. The first-order valence-corrected chi connectivity index (χ1v) is 9.81. The second kappa shape index (κ2) is 7.21. The summed E-state index contributed by atoms with van der Waals surface area (Å²) in [6.45, 7) is 1.20. The number of ether oxygens (including phenoxy) is 1. The van der Waals surface area contributed by atoms with Gasteiger partial charge in [-0.05, 0) is 24.6 Å². The number of carbonyl (C=O) groups excluding carboxylic acids is 1. The highest BCUT2D eigenvalue weighted by Crippen LogP contribution is 2.36. The fourth-order valence-corrected chi connectivity index (χ4v) is 3.64. The number of alkyl halides is 3. The average molecular weight is 432 g/mol. The van der Waals surface area contributed by atoms with E-state index < -0.39 is 33.0 Å². The molecular formula is C18H16F4N2O4S. The summed E-state index contributed by atoms with van der Waals surface area (Å²) in [5.74, 6) is -0.567. The van der Waals surface area contributed by atoms with Gasteiger partial charge < -0.3 is 4.74 Å². The molecule has 3 rings (SSSR count). The van der Waals surface area contributed by atoms with E-state index in [1.54, 1.807) is 6.07 Å². The summed E-state index contributed by atoms with van der Waals surface area (Å²) in [6.07, 6.45) is -0.802. The van der Waals surface area contributed by atoms with E-state index in [4.69, 9.17) is 4.74 Å². The Balaban J connectivity index is 1.85. The third-order valence-corrected chi connectivity index (χ3v) is 5.53. The minimum Gasteiger partial charge on any atom is -0.436 e. The average Bonchev–Trinajstić information content (AvgIpc) is 2.90. The van der Waals surface area contributed by atoms with E-state index >= 15 is 0 Å². The molecule has 0 radical (unpaired) electrons. The second-order valence-corrected chi connectivity index (χ2v) is 8.32. The standard InChI is InChI=1S/C18H16F4N2O4S/c1-17(13-7-3-4-8-14(13)19)11-24(16(25)28-17)10-12-6-2-5-9-15(12)23-29(26,27)18(20,21)22/h2-9,23H,10-11H2,1H3. The summed E-state index contributed by atoms with van der Waals surface area (Å²) < 4.78 is 81.8. The number of anilines is 1. The van der Waals surface area contributed by atoms with E-state index in [0.717, 1.165) is 11.0 Å². The molecule has 1 N–H and O–H groups in total. The number of sulfonamides is 1. The molecule has 1 atom stereocenters. The number of halogens is 4. The number of rotatable bonds is 5. The summed E-state index contributed by atoms with van der Waals surface area (Å²) in [4.78, 5) is 13.5. The third-order valence-electron chi connectivity index (χ3n) is 4.43. The Morgan fingerprint density at radius 3 is 2.41 bits per heavy atom. The van der Waals surface area contributed by atoms with Crippen molar-refractivity contribution < 1.29 is 35.5 Å². The van der Waals surface area contributed by atoms with Crippen molar-refractivity contribution in [3.05, 3.63) is 65.5 Å². The normalized spacial score (nSPS) is 19.9. The van der Waals surface area contributed by atoms with Gasteiger partial charge in [0.05, 0.1) is 18.8 Å². The molecule has 1 amide bonds. The number of cyclic esters (lactones) is 1. The van der Waals surface area contributed by atoms with Crippen molar-refractivity contribution in [2.75, 3.05) is 11.3 Å². The molecule has 1 saturated heterocycles. The molecule has 1 aliphatic heterocycles. The lowest BCUT2D eigenvalue weighted by Crippen LogP contribution is -2.32. The number of hydrogen-bond donors (Lipinski definition) is 1. The first kappa shape index (κ1) is 20.9. The molecule has 0 saturated carbocycles. The Kier molecular flexibility index (Phi) is 5.20. The molecule has 29 heavy (non-hydrogen) atoms. The van der Waals surface area contributed by atoms with Crippen LogP contribution in [0.25, 0.3) is 0 Å². The van der Waals surface area contributed by atoms with Crippen molar-refractivity contribution in [1.82, 2.24) is 4.90 Å². The Bertz CT molecular complexity index is 1040. The van der Waals surface area contributed by atoms with E-state index in [0.29, 0.717) is 0 Å². The molecule has 1 aliphatic rings. The number of carbonyl (C=O) groups is 1. The maximum atomic E-state index is 14.1. The summed E-state index contributed by atoms with van der Waals surface area (Å²) in [7, 11) is -5.63. The van der Waals surface area contributed by atoms with Crippen LogP contribution in [0.15, 0.2) is 48.5 Å². The van der Waals surface area contributed by atoms with E-state index in [1.165, 1.54) is 48.0 Å². The lowest BCUT2D eigenvalue weighted by Gasteiger charge is -2.23. The van der Waals surface area contributed by atoms with Crippen molar-refractivity contribution in [3.8, 4) is 0 Å². The highest BCUT2D eigenvalue weighted by atomic mass is 32.2. The van der Waals surface area contributed by atoms with E-state index in [2.05, 4.69) is 0 Å². The summed E-state index contributed by atoms with van der Waals surface area (Å²) >= 11 is 0. The molecule has 1 heterocycles. The fraction of sp³-hybridized carbons (Fsp3) is 0.278. The van der Waals surface area contributed by atoms with Crippen LogP contribution in [-0.2, 0) is 26.9 Å². The number of nitrogens with one attached hydrogen (secondary N) is 1. The second-order valence-electron chi connectivity index (χ2n) is 6.64. The monoisotopic (exact) mass is 432 g/mol. The van der Waals surface area contributed by atoms with Crippen LogP contribution in [0.2, 0.25) is 0 Å². The van der Waals surface area contributed by atoms with Gasteiger partial charge in [-0.15, -0.1) is 0 Å². The minimum atomic E-state index is -5.63. The van der Waals surface area contributed by atoms with Gasteiger partial charge in [0.1, 0.15) is 5.82 Å². The summed E-state index contributed by atoms with van der Waals surface area (Å²) in [6, 6.07) is 11.1. The molecule has 6 nitrogen and oxygen atoms in total. The number of nitrogens with zero attached hydrogens (tertiary/aromatic N) is 1. The summed E-state index contributed by atoms with van der Waals surface area (Å²) in [5.41, 5.74) is -6.84. The summed E-state index contributed by atoms with van der Waals surface area (Å²) in [5, 5.41) is 0. The van der Waals surface area contributed by atoms with Gasteiger partial charge in [-0.2, -0.15) is 21.6 Å². The Hall–Kier alpha value is -2.82. The highest BCUT2D eigenvalue weighted by molar-refractivity contribution is 7.93. The predicted molar refractivity (Wildman–Crippen MR) is 95.7 cm³/mol. The molecule has 156 valence electrons. The third kappa shape index (κ3) is 4.14. The van der Waals surface area contributed by atoms with Crippen molar-refractivity contribution >= 4 is 21.8 Å². The van der Waals surface area contributed by atoms with Gasteiger partial charge in [-0.25, -0.2) is 9.18 Å². The molecule has 0 bridgehead atoms. The van der Waals surface area contributed by atoms with Gasteiger partial charge in [0.2, 0.25) is 0 Å². The molecule has 2 aromatic carbocycles. The zero-order chi connectivity index (χ0) is 21.4. The lowest BCUT2D eigenvalue weighted by molar-refractivity contribution is -0.0429. The minimum absolute atomic E-state index is 0.0763.